The molecule has 0 saturated heterocycles. The number of carbonyl (C=O) groups is 2. The Kier molecular flexibility index (Phi) is 17.1. The van der Waals surface area contributed by atoms with Crippen LogP contribution < -0.4 is 6.15 Å². The van der Waals surface area contributed by atoms with Gasteiger partial charge in [0.2, 0.25) is 0 Å². The third-order valence-corrected chi connectivity index (χ3v) is 0. The molecule has 6 heteroatoms. The molecule has 6 nitrogen and oxygen atoms in total. The fraction of sp³-hybridized carbons (Fsp3) is 0.333. The van der Waals surface area contributed by atoms with Gasteiger partial charge in [-0.15, -0.1) is 0 Å². The van der Waals surface area contributed by atoms with E-state index in [1.165, 1.54) is 0 Å². The maximum Gasteiger partial charge on any atom is 0.503 e. The number of aliphatic carboxylic acids is 1. The third-order valence-electron chi connectivity index (χ3n) is 0. The molecule has 0 aliphatic heterocycles. The SMILES string of the molecule is CC(=O)O.N.O=C(O)O. The predicted octanol–water partition coefficient (Wildman–Crippen LogP) is 0.475. The van der Waals surface area contributed by atoms with Crippen LogP contribution in [0.1, 0.15) is 6.92 Å². The molecular weight excluding hydrogens is 130 g/mol. The minimum Gasteiger partial charge on any atom is -0.481 e. The Morgan fingerprint density at radius 2 is 1.11 bits per heavy atom. The van der Waals surface area contributed by atoms with Gasteiger partial charge in [-0.25, -0.2) is 4.79 Å². The van der Waals surface area contributed by atoms with Gasteiger partial charge in [0.05, 0.1) is 0 Å². The topological polar surface area (TPSA) is 130 Å². The molecule has 0 amide bonds. The fourth-order valence-corrected chi connectivity index (χ4v) is 0. The number of carboxylic acids is 1. The number of hydrogen-bond acceptors (Lipinski definition) is 3. The third kappa shape index (κ3) is 87.6. The van der Waals surface area contributed by atoms with Crippen LogP contribution in [0.25, 0.3) is 0 Å². The van der Waals surface area contributed by atoms with Gasteiger partial charge in [0.25, 0.3) is 5.97 Å². The molecule has 0 bridgehead atoms. The zero-order chi connectivity index (χ0) is 7.15. The normalized spacial score (nSPS) is 5.44. The second-order valence-corrected chi connectivity index (χ2v) is 0.802. The molecule has 0 aromatic heterocycles. The van der Waals surface area contributed by atoms with Crippen LogP contribution in [0.5, 0.6) is 0 Å². The monoisotopic (exact) mass is 139 g/mol. The summed E-state index contributed by atoms with van der Waals surface area (Å²) in [6.45, 7) is 1.08. The molecule has 56 valence electrons. The molecule has 0 aromatic carbocycles. The molecule has 0 fully saturated rings. The standard InChI is InChI=1S/C2H4O2.CH2O3.H3N/c1-2(3)4;2-1(3)4;/h1H3,(H,3,4);(H2,2,3,4);1H3. The van der Waals surface area contributed by atoms with Gasteiger partial charge in [0, 0.05) is 6.92 Å². The van der Waals surface area contributed by atoms with Crippen molar-refractivity contribution < 1.29 is 24.9 Å². The zero-order valence-electron chi connectivity index (χ0n) is 4.87. The Balaban J connectivity index is -0.0000000720. The maximum absolute atomic E-state index is 9.00. The highest BCUT2D eigenvalue weighted by molar-refractivity contribution is 5.62. The van der Waals surface area contributed by atoms with Crippen molar-refractivity contribution in [2.75, 3.05) is 0 Å². The minimum atomic E-state index is -1.83. The average Bonchev–Trinajstić information content (AvgIpc) is 1.25. The van der Waals surface area contributed by atoms with Crippen molar-refractivity contribution >= 4 is 12.1 Å². The van der Waals surface area contributed by atoms with Crippen LogP contribution >= 0.6 is 0 Å². The van der Waals surface area contributed by atoms with E-state index in [1.807, 2.05) is 0 Å². The Hall–Kier alpha value is -1.30. The lowest BCUT2D eigenvalue weighted by Crippen LogP contribution is -1.81. The Morgan fingerprint density at radius 3 is 1.11 bits per heavy atom. The summed E-state index contributed by atoms with van der Waals surface area (Å²) in [5, 5.41) is 21.4. The summed E-state index contributed by atoms with van der Waals surface area (Å²) in [5.41, 5.74) is 0. The molecule has 9 heavy (non-hydrogen) atoms. The lowest BCUT2D eigenvalue weighted by Gasteiger charge is -1.60. The van der Waals surface area contributed by atoms with Crippen LogP contribution in [0.4, 0.5) is 4.79 Å². The van der Waals surface area contributed by atoms with E-state index in [-0.39, 0.29) is 6.15 Å². The highest BCUT2D eigenvalue weighted by Gasteiger charge is 1.70. The van der Waals surface area contributed by atoms with Gasteiger partial charge >= 0.3 is 6.16 Å². The summed E-state index contributed by atoms with van der Waals surface area (Å²) in [6.07, 6.45) is -1.83. The van der Waals surface area contributed by atoms with E-state index in [0.29, 0.717) is 0 Å². The van der Waals surface area contributed by atoms with E-state index in [4.69, 9.17) is 24.9 Å². The average molecular weight is 139 g/mol. The zero-order valence-corrected chi connectivity index (χ0v) is 4.87. The molecule has 0 aromatic rings. The van der Waals surface area contributed by atoms with Crippen molar-refractivity contribution in [2.24, 2.45) is 0 Å². The van der Waals surface area contributed by atoms with Crippen molar-refractivity contribution in [1.82, 2.24) is 6.15 Å². The van der Waals surface area contributed by atoms with E-state index in [1.54, 1.807) is 0 Å². The number of carboxylic acid groups (broad SMARTS) is 3. The molecule has 0 spiro atoms. The summed E-state index contributed by atoms with van der Waals surface area (Å²) >= 11 is 0. The van der Waals surface area contributed by atoms with Gasteiger partial charge in [-0.1, -0.05) is 0 Å². The van der Waals surface area contributed by atoms with Crippen LogP contribution in [-0.2, 0) is 4.79 Å². The summed E-state index contributed by atoms with van der Waals surface area (Å²) in [4.78, 5) is 17.6. The first kappa shape index (κ1) is 15.6. The predicted molar refractivity (Wildman–Crippen MR) is 29.0 cm³/mol. The first-order valence-corrected chi connectivity index (χ1v) is 1.58. The van der Waals surface area contributed by atoms with Crippen molar-refractivity contribution in [2.45, 2.75) is 6.92 Å². The fourth-order valence-electron chi connectivity index (χ4n) is 0. The summed E-state index contributed by atoms with van der Waals surface area (Å²) in [6, 6.07) is 0. The van der Waals surface area contributed by atoms with E-state index in [0.717, 1.165) is 6.92 Å². The second kappa shape index (κ2) is 9.85. The molecule has 6 N–H and O–H groups in total. The van der Waals surface area contributed by atoms with Crippen molar-refractivity contribution in [1.29, 1.82) is 0 Å². The smallest absolute Gasteiger partial charge is 0.481 e. The van der Waals surface area contributed by atoms with E-state index < -0.39 is 12.1 Å². The first-order chi connectivity index (χ1) is 3.46. The molecule has 0 radical (unpaired) electrons. The highest BCUT2D eigenvalue weighted by Crippen LogP contribution is 1.43. The number of rotatable bonds is 0. The molecule has 0 aliphatic rings. The maximum atomic E-state index is 9.00. The van der Waals surface area contributed by atoms with Gasteiger partial charge in [0.1, 0.15) is 0 Å². The largest absolute Gasteiger partial charge is 0.503 e. The van der Waals surface area contributed by atoms with Crippen LogP contribution in [0.2, 0.25) is 0 Å². The van der Waals surface area contributed by atoms with Gasteiger partial charge in [0.15, 0.2) is 0 Å². The lowest BCUT2D eigenvalue weighted by molar-refractivity contribution is -0.134. The molecule has 0 heterocycles. The number of hydrogen-bond donors (Lipinski definition) is 4. The second-order valence-electron chi connectivity index (χ2n) is 0.802. The molecule has 0 aliphatic carbocycles. The van der Waals surface area contributed by atoms with Gasteiger partial charge in [-0.3, -0.25) is 4.79 Å². The molecular formula is C3H9NO5. The highest BCUT2D eigenvalue weighted by atomic mass is 16.6. The van der Waals surface area contributed by atoms with Crippen LogP contribution in [0.3, 0.4) is 0 Å². The van der Waals surface area contributed by atoms with Gasteiger partial charge < -0.3 is 21.5 Å². The molecule has 0 rings (SSSR count). The van der Waals surface area contributed by atoms with E-state index in [9.17, 15) is 0 Å². The first-order valence-electron chi connectivity index (χ1n) is 1.58. The Labute approximate surface area is 51.3 Å². The molecule has 0 unspecified atom stereocenters. The minimum absolute atomic E-state index is 0. The van der Waals surface area contributed by atoms with Crippen LogP contribution in [0.15, 0.2) is 0 Å². The molecule has 0 atom stereocenters. The molecule has 0 saturated carbocycles. The van der Waals surface area contributed by atoms with Gasteiger partial charge in [-0.2, -0.15) is 0 Å². The summed E-state index contributed by atoms with van der Waals surface area (Å²) < 4.78 is 0. The Bertz CT molecular complexity index is 70.2. The van der Waals surface area contributed by atoms with Crippen molar-refractivity contribution in [3.05, 3.63) is 0 Å². The van der Waals surface area contributed by atoms with Crippen LogP contribution in [0, 0.1) is 0 Å². The summed E-state index contributed by atoms with van der Waals surface area (Å²) in [7, 11) is 0. The van der Waals surface area contributed by atoms with E-state index >= 15 is 0 Å². The lowest BCUT2D eigenvalue weighted by atomic mass is 10.9. The van der Waals surface area contributed by atoms with E-state index in [2.05, 4.69) is 0 Å². The quantitative estimate of drug-likeness (QED) is 0.386. The van der Waals surface area contributed by atoms with Crippen molar-refractivity contribution in [3.8, 4) is 0 Å². The summed E-state index contributed by atoms with van der Waals surface area (Å²) in [5.74, 6) is -0.833. The van der Waals surface area contributed by atoms with Crippen LogP contribution in [-0.4, -0.2) is 27.4 Å². The van der Waals surface area contributed by atoms with Gasteiger partial charge in [-0.05, 0) is 0 Å². The Morgan fingerprint density at radius 1 is 1.11 bits per heavy atom. The van der Waals surface area contributed by atoms with Crippen molar-refractivity contribution in [3.63, 3.8) is 0 Å².